The Balaban J connectivity index is 1.82. The fourth-order valence-corrected chi connectivity index (χ4v) is 3.31. The Hall–Kier alpha value is -4.41. The van der Waals surface area contributed by atoms with E-state index in [1.807, 2.05) is 25.1 Å². The van der Waals surface area contributed by atoms with Crippen molar-refractivity contribution in [3.05, 3.63) is 105 Å². The quantitative estimate of drug-likeness (QED) is 0.337. The fraction of sp³-hybridized carbons (Fsp3) is 0.0400. The van der Waals surface area contributed by atoms with E-state index in [0.717, 1.165) is 5.56 Å². The van der Waals surface area contributed by atoms with Gasteiger partial charge in [-0.25, -0.2) is 0 Å². The van der Waals surface area contributed by atoms with Crippen LogP contribution in [0, 0.1) is 18.3 Å². The lowest BCUT2D eigenvalue weighted by Crippen LogP contribution is -2.20. The second kappa shape index (κ2) is 9.39. The van der Waals surface area contributed by atoms with Crippen molar-refractivity contribution >= 4 is 34.9 Å². The second-order valence-corrected chi connectivity index (χ2v) is 7.50. The van der Waals surface area contributed by atoms with Crippen molar-refractivity contribution < 1.29 is 9.53 Å². The number of benzene rings is 2. The zero-order valence-corrected chi connectivity index (χ0v) is 18.2. The number of nitriles is 1. The molecule has 2 aromatic carbocycles. The number of carbonyl (C=O) groups is 1. The number of rotatable bonds is 5. The predicted molar refractivity (Wildman–Crippen MR) is 126 cm³/mol. The Morgan fingerprint density at radius 3 is 2.70 bits per heavy atom. The Kier molecular flexibility index (Phi) is 6.20. The molecule has 4 aromatic rings. The van der Waals surface area contributed by atoms with Crippen LogP contribution in [0.3, 0.4) is 0 Å². The number of nitrogens with zero attached hydrogens (tertiary/aromatic N) is 3. The van der Waals surface area contributed by atoms with Gasteiger partial charge in [0.15, 0.2) is 0 Å². The number of amides is 1. The highest BCUT2D eigenvalue weighted by molar-refractivity contribution is 6.31. The van der Waals surface area contributed by atoms with Gasteiger partial charge in [0.1, 0.15) is 28.6 Å². The zero-order valence-electron chi connectivity index (χ0n) is 17.4. The number of hydrogen-bond acceptors (Lipinski definition) is 5. The number of aromatic nitrogens is 2. The molecule has 162 valence electrons. The molecule has 1 N–H and O–H groups in total. The maximum absolute atomic E-state index is 13.2. The lowest BCUT2D eigenvalue weighted by Gasteiger charge is -2.12. The molecule has 0 atom stereocenters. The largest absolute Gasteiger partial charge is 0.438 e. The van der Waals surface area contributed by atoms with E-state index in [9.17, 15) is 14.9 Å². The molecule has 0 aliphatic carbocycles. The van der Waals surface area contributed by atoms with Crippen LogP contribution >= 0.6 is 11.6 Å². The summed E-state index contributed by atoms with van der Waals surface area (Å²) >= 11 is 5.96. The van der Waals surface area contributed by atoms with Gasteiger partial charge in [0.25, 0.3) is 11.5 Å². The Labute approximate surface area is 194 Å². The molecule has 0 spiro atoms. The van der Waals surface area contributed by atoms with Crippen molar-refractivity contribution in [1.29, 1.82) is 5.26 Å². The molecule has 1 amide bonds. The number of hydrogen-bond donors (Lipinski definition) is 1. The van der Waals surface area contributed by atoms with E-state index in [1.54, 1.807) is 60.8 Å². The summed E-state index contributed by atoms with van der Waals surface area (Å²) in [6.07, 6.45) is 2.74. The minimum absolute atomic E-state index is 0.0104. The number of halogens is 1. The van der Waals surface area contributed by atoms with Crippen LogP contribution in [0.5, 0.6) is 11.6 Å². The maximum Gasteiger partial charge on any atom is 0.269 e. The van der Waals surface area contributed by atoms with Crippen LogP contribution in [0.4, 0.5) is 5.69 Å². The molecular weight excluding hydrogens is 440 g/mol. The summed E-state index contributed by atoms with van der Waals surface area (Å²) in [5.41, 5.74) is 0.817. The smallest absolute Gasteiger partial charge is 0.269 e. The molecule has 0 aliphatic heterocycles. The van der Waals surface area contributed by atoms with Crippen molar-refractivity contribution in [1.82, 2.24) is 9.38 Å². The minimum atomic E-state index is -0.695. The first-order chi connectivity index (χ1) is 16.0. The number of aryl methyl sites for hydroxylation is 1. The van der Waals surface area contributed by atoms with Crippen molar-refractivity contribution in [2.45, 2.75) is 6.92 Å². The Morgan fingerprint density at radius 1 is 1.15 bits per heavy atom. The van der Waals surface area contributed by atoms with Crippen LogP contribution in [0.2, 0.25) is 5.02 Å². The van der Waals surface area contributed by atoms with Crippen LogP contribution < -0.4 is 15.6 Å². The van der Waals surface area contributed by atoms with E-state index in [-0.39, 0.29) is 17.0 Å². The first-order valence-corrected chi connectivity index (χ1v) is 10.3. The van der Waals surface area contributed by atoms with E-state index < -0.39 is 11.5 Å². The van der Waals surface area contributed by atoms with Gasteiger partial charge in [-0.15, -0.1) is 0 Å². The molecule has 33 heavy (non-hydrogen) atoms. The molecule has 2 heterocycles. The number of ether oxygens (including phenoxy) is 1. The van der Waals surface area contributed by atoms with Gasteiger partial charge >= 0.3 is 0 Å². The predicted octanol–water partition coefficient (Wildman–Crippen LogP) is 4.99. The highest BCUT2D eigenvalue weighted by atomic mass is 35.5. The molecule has 0 aliphatic rings. The van der Waals surface area contributed by atoms with Crippen LogP contribution in [0.25, 0.3) is 11.7 Å². The summed E-state index contributed by atoms with van der Waals surface area (Å²) in [6.45, 7) is 1.86. The van der Waals surface area contributed by atoms with Gasteiger partial charge in [-0.05, 0) is 55.0 Å². The second-order valence-electron chi connectivity index (χ2n) is 7.07. The minimum Gasteiger partial charge on any atom is -0.438 e. The van der Waals surface area contributed by atoms with E-state index >= 15 is 0 Å². The number of nitrogens with one attached hydrogen (secondary N) is 1. The summed E-state index contributed by atoms with van der Waals surface area (Å²) in [6, 6.07) is 20.7. The molecule has 0 unspecified atom stereocenters. The fourth-order valence-electron chi connectivity index (χ4n) is 3.12. The molecular formula is C25H17ClN4O3. The van der Waals surface area contributed by atoms with Gasteiger partial charge in [-0.2, -0.15) is 10.2 Å². The van der Waals surface area contributed by atoms with Crippen molar-refractivity contribution in [3.8, 4) is 17.7 Å². The summed E-state index contributed by atoms with van der Waals surface area (Å²) in [7, 11) is 0. The average Bonchev–Trinajstić information content (AvgIpc) is 2.80. The van der Waals surface area contributed by atoms with Crippen LogP contribution in [0.1, 0.15) is 11.1 Å². The summed E-state index contributed by atoms with van der Waals surface area (Å²) < 4.78 is 7.28. The molecule has 0 saturated carbocycles. The normalized spacial score (nSPS) is 11.1. The zero-order chi connectivity index (χ0) is 23.4. The lowest BCUT2D eigenvalue weighted by molar-refractivity contribution is -0.112. The number of fused-ring (bicyclic) bond motifs is 1. The third kappa shape index (κ3) is 4.76. The van der Waals surface area contributed by atoms with Crippen LogP contribution in [-0.4, -0.2) is 15.3 Å². The number of pyridine rings is 1. The third-order valence-electron chi connectivity index (χ3n) is 4.77. The molecule has 0 saturated heterocycles. The van der Waals surface area contributed by atoms with E-state index in [0.29, 0.717) is 22.1 Å². The highest BCUT2D eigenvalue weighted by Gasteiger charge is 2.18. The maximum atomic E-state index is 13.2. The standard InChI is InChI=1S/C25H17ClN4O3/c1-16-7-2-3-10-21(16)33-24-20(25(32)30-12-5-4-11-22(30)29-24)13-17(15-27)23(31)28-19-9-6-8-18(26)14-19/h2-14H,1H3,(H,28,31)/b17-13-. The Bertz CT molecular complexity index is 1500. The van der Waals surface area contributed by atoms with Gasteiger partial charge in [-0.1, -0.05) is 41.9 Å². The van der Waals surface area contributed by atoms with E-state index in [1.165, 1.54) is 10.5 Å². The van der Waals surface area contributed by atoms with E-state index in [4.69, 9.17) is 16.3 Å². The van der Waals surface area contributed by atoms with Gasteiger partial charge in [0.2, 0.25) is 5.88 Å². The number of anilines is 1. The summed E-state index contributed by atoms with van der Waals surface area (Å²) in [5, 5.41) is 12.7. The SMILES string of the molecule is Cc1ccccc1Oc1nc2ccccn2c(=O)c1/C=C(/C#N)C(=O)Nc1cccc(Cl)c1. The molecule has 0 radical (unpaired) electrons. The lowest BCUT2D eigenvalue weighted by atomic mass is 10.1. The molecule has 2 aromatic heterocycles. The molecule has 0 bridgehead atoms. The van der Waals surface area contributed by atoms with Gasteiger partial charge in [0, 0.05) is 16.9 Å². The topological polar surface area (TPSA) is 96.5 Å². The first kappa shape index (κ1) is 21.8. The molecule has 8 heteroatoms. The Morgan fingerprint density at radius 2 is 1.94 bits per heavy atom. The van der Waals surface area contributed by atoms with Crippen LogP contribution in [-0.2, 0) is 4.79 Å². The summed E-state index contributed by atoms with van der Waals surface area (Å²) in [4.78, 5) is 30.4. The van der Waals surface area contributed by atoms with E-state index in [2.05, 4.69) is 10.3 Å². The number of para-hydroxylation sites is 1. The van der Waals surface area contributed by atoms with Gasteiger partial charge in [-0.3, -0.25) is 14.0 Å². The molecule has 7 nitrogen and oxygen atoms in total. The van der Waals surface area contributed by atoms with Crippen LogP contribution in [0.15, 0.2) is 83.3 Å². The molecule has 0 fully saturated rings. The monoisotopic (exact) mass is 456 g/mol. The van der Waals surface area contributed by atoms with Crippen molar-refractivity contribution in [2.24, 2.45) is 0 Å². The highest BCUT2D eigenvalue weighted by Crippen LogP contribution is 2.26. The number of carbonyl (C=O) groups excluding carboxylic acids is 1. The van der Waals surface area contributed by atoms with Gasteiger partial charge < -0.3 is 10.1 Å². The first-order valence-electron chi connectivity index (χ1n) is 9.90. The van der Waals surface area contributed by atoms with Gasteiger partial charge in [0.05, 0.1) is 0 Å². The molecule has 4 rings (SSSR count). The van der Waals surface area contributed by atoms with Crippen molar-refractivity contribution in [3.63, 3.8) is 0 Å². The summed E-state index contributed by atoms with van der Waals surface area (Å²) in [5.74, 6) is -0.204. The van der Waals surface area contributed by atoms with Crippen molar-refractivity contribution in [2.75, 3.05) is 5.32 Å². The average molecular weight is 457 g/mol. The third-order valence-corrected chi connectivity index (χ3v) is 5.01.